The summed E-state index contributed by atoms with van der Waals surface area (Å²) in [5.74, 6) is -0.936. The van der Waals surface area contributed by atoms with Gasteiger partial charge in [0, 0.05) is 39.3 Å². The third-order valence-corrected chi connectivity index (χ3v) is 6.73. The van der Waals surface area contributed by atoms with E-state index in [1.807, 2.05) is 6.07 Å². The summed E-state index contributed by atoms with van der Waals surface area (Å²) < 4.78 is 5.68. The van der Waals surface area contributed by atoms with Crippen molar-refractivity contribution >= 4 is 63.7 Å². The van der Waals surface area contributed by atoms with E-state index in [4.69, 9.17) is 16.3 Å². The molecule has 1 aliphatic heterocycles. The molecule has 2 aromatic carbocycles. The second-order valence-electron chi connectivity index (χ2n) is 9.15. The van der Waals surface area contributed by atoms with Crippen molar-refractivity contribution in [3.05, 3.63) is 65.8 Å². The highest BCUT2D eigenvalue weighted by atomic mass is 35.5. The Labute approximate surface area is 242 Å². The number of Topliss-reactive ketones (excluding diaryl/α,β-unsaturated/α-hetero) is 1. The van der Waals surface area contributed by atoms with Gasteiger partial charge in [-0.3, -0.25) is 14.4 Å². The van der Waals surface area contributed by atoms with Crippen LogP contribution in [0.1, 0.15) is 10.4 Å². The first-order valence-electron chi connectivity index (χ1n) is 12.7. The highest BCUT2D eigenvalue weighted by Gasteiger charge is 2.22. The Bertz CT molecular complexity index is 1470. The Hall–Kier alpha value is -4.68. The quantitative estimate of drug-likeness (QED) is 0.161. The highest BCUT2D eigenvalue weighted by Crippen LogP contribution is 2.39. The molecule has 4 rings (SSSR count). The van der Waals surface area contributed by atoms with Gasteiger partial charge in [0.15, 0.2) is 5.82 Å². The number of methoxy groups -OCH3 is 1. The summed E-state index contributed by atoms with van der Waals surface area (Å²) in [4.78, 5) is 50.0. The van der Waals surface area contributed by atoms with Crippen molar-refractivity contribution in [2.75, 3.05) is 68.2 Å². The van der Waals surface area contributed by atoms with Crippen LogP contribution in [0.15, 0.2) is 55.3 Å². The zero-order valence-electron chi connectivity index (χ0n) is 23.0. The topological polar surface area (TPSA) is 141 Å². The molecule has 0 spiro atoms. The second-order valence-corrected chi connectivity index (χ2v) is 9.55. The standard InChI is InChI=1S/C28H31ClN8O4/c1-5-24(38)32-20-14-21(23(41-4)15-22(20)37-12-10-36(3)11-13-37)34-28-31-16-18(29)26(35-28)33-19-9-7-6-8-17(19)25(39)27(40)30-2/h5-9,14-16H,1,10-13H2,2-4H3,(H,30,40)(H,32,38)(H2,31,33,34,35). The summed E-state index contributed by atoms with van der Waals surface area (Å²) in [6.45, 7) is 6.88. The van der Waals surface area contributed by atoms with Crippen molar-refractivity contribution in [1.29, 1.82) is 0 Å². The van der Waals surface area contributed by atoms with Crippen LogP contribution in [0.25, 0.3) is 0 Å². The summed E-state index contributed by atoms with van der Waals surface area (Å²) in [6.07, 6.45) is 2.60. The molecular weight excluding hydrogens is 548 g/mol. The van der Waals surface area contributed by atoms with E-state index >= 15 is 0 Å². The average molecular weight is 579 g/mol. The molecule has 214 valence electrons. The molecule has 0 aliphatic carbocycles. The molecule has 4 N–H and O–H groups in total. The fourth-order valence-electron chi connectivity index (χ4n) is 4.22. The summed E-state index contributed by atoms with van der Waals surface area (Å²) in [6, 6.07) is 10.1. The largest absolute Gasteiger partial charge is 0.494 e. The van der Waals surface area contributed by atoms with Crippen LogP contribution in [0.3, 0.4) is 0 Å². The molecule has 1 aliphatic rings. The van der Waals surface area contributed by atoms with Gasteiger partial charge >= 0.3 is 0 Å². The van der Waals surface area contributed by atoms with Gasteiger partial charge in [-0.25, -0.2) is 4.98 Å². The molecular formula is C28H31ClN8O4. The molecule has 1 fully saturated rings. The summed E-state index contributed by atoms with van der Waals surface area (Å²) in [5, 5.41) is 11.6. The molecule has 0 radical (unpaired) electrons. The number of halogens is 1. The number of ether oxygens (including phenoxy) is 1. The maximum absolute atomic E-state index is 12.6. The van der Waals surface area contributed by atoms with Crippen LogP contribution in [-0.4, -0.2) is 79.8 Å². The molecule has 41 heavy (non-hydrogen) atoms. The number of nitrogens with zero attached hydrogens (tertiary/aromatic N) is 4. The predicted octanol–water partition coefficient (Wildman–Crippen LogP) is 3.43. The molecule has 3 aromatic rings. The summed E-state index contributed by atoms with van der Waals surface area (Å²) in [5.41, 5.74) is 2.37. The molecule has 0 saturated carbocycles. The monoisotopic (exact) mass is 578 g/mol. The van der Waals surface area contributed by atoms with Crippen LogP contribution in [0.4, 0.5) is 34.5 Å². The number of benzene rings is 2. The zero-order valence-corrected chi connectivity index (χ0v) is 23.7. The smallest absolute Gasteiger partial charge is 0.292 e. The van der Waals surface area contributed by atoms with Crippen LogP contribution in [-0.2, 0) is 9.59 Å². The lowest BCUT2D eigenvalue weighted by Crippen LogP contribution is -2.44. The van der Waals surface area contributed by atoms with E-state index < -0.39 is 11.7 Å². The van der Waals surface area contributed by atoms with Gasteiger partial charge in [-0.15, -0.1) is 0 Å². The maximum atomic E-state index is 12.6. The fraction of sp³-hybridized carbons (Fsp3) is 0.250. The Morgan fingerprint density at radius 2 is 1.78 bits per heavy atom. The number of para-hydroxylation sites is 1. The molecule has 0 bridgehead atoms. The minimum absolute atomic E-state index is 0.153. The van der Waals surface area contributed by atoms with E-state index in [-0.39, 0.29) is 28.3 Å². The van der Waals surface area contributed by atoms with Gasteiger partial charge < -0.3 is 35.8 Å². The summed E-state index contributed by atoms with van der Waals surface area (Å²) in [7, 11) is 5.00. The van der Waals surface area contributed by atoms with Crippen molar-refractivity contribution in [3.8, 4) is 5.75 Å². The van der Waals surface area contributed by atoms with E-state index in [0.29, 0.717) is 22.8 Å². The highest BCUT2D eigenvalue weighted by molar-refractivity contribution is 6.44. The SMILES string of the molecule is C=CC(=O)Nc1cc(Nc2ncc(Cl)c(Nc3ccccc3C(=O)C(=O)NC)n2)c(OC)cc1N1CCN(C)CC1. The Morgan fingerprint density at radius 3 is 2.46 bits per heavy atom. The van der Waals surface area contributed by atoms with Gasteiger partial charge in [0.05, 0.1) is 41.6 Å². The number of amides is 2. The Balaban J connectivity index is 1.67. The minimum Gasteiger partial charge on any atom is -0.494 e. The number of carbonyl (C=O) groups is 3. The lowest BCUT2D eigenvalue weighted by Gasteiger charge is -2.35. The van der Waals surface area contributed by atoms with Crippen molar-refractivity contribution in [3.63, 3.8) is 0 Å². The second kappa shape index (κ2) is 13.1. The van der Waals surface area contributed by atoms with Crippen molar-refractivity contribution in [2.24, 2.45) is 0 Å². The van der Waals surface area contributed by atoms with Gasteiger partial charge in [-0.05, 0) is 31.3 Å². The number of hydrogen-bond donors (Lipinski definition) is 4. The number of piperazine rings is 1. The van der Waals surface area contributed by atoms with E-state index in [1.165, 1.54) is 25.4 Å². The molecule has 12 nitrogen and oxygen atoms in total. The van der Waals surface area contributed by atoms with Crippen molar-refractivity contribution in [1.82, 2.24) is 20.2 Å². The number of ketones is 1. The molecule has 2 heterocycles. The molecule has 13 heteroatoms. The Kier molecular flexibility index (Phi) is 9.37. The first-order valence-corrected chi connectivity index (χ1v) is 13.1. The predicted molar refractivity (Wildman–Crippen MR) is 160 cm³/mol. The molecule has 1 aromatic heterocycles. The van der Waals surface area contributed by atoms with E-state index in [9.17, 15) is 14.4 Å². The zero-order chi connectivity index (χ0) is 29.5. The van der Waals surface area contributed by atoms with Gasteiger partial charge in [0.1, 0.15) is 10.8 Å². The number of carbonyl (C=O) groups excluding carboxylic acids is 3. The lowest BCUT2D eigenvalue weighted by atomic mass is 10.1. The van der Waals surface area contributed by atoms with Crippen LogP contribution in [0.2, 0.25) is 5.02 Å². The van der Waals surface area contributed by atoms with Crippen molar-refractivity contribution < 1.29 is 19.1 Å². The van der Waals surface area contributed by atoms with Crippen LogP contribution < -0.4 is 30.9 Å². The van der Waals surface area contributed by atoms with Crippen molar-refractivity contribution in [2.45, 2.75) is 0 Å². The van der Waals surface area contributed by atoms with Crippen LogP contribution in [0.5, 0.6) is 5.75 Å². The first kappa shape index (κ1) is 29.3. The first-order chi connectivity index (χ1) is 19.7. The van der Waals surface area contributed by atoms with Crippen LogP contribution >= 0.6 is 11.6 Å². The lowest BCUT2D eigenvalue weighted by molar-refractivity contribution is -0.116. The number of anilines is 6. The van der Waals surface area contributed by atoms with E-state index in [2.05, 4.69) is 54.7 Å². The number of likely N-dealkylation sites (N-methyl/N-ethyl adjacent to an activating group) is 2. The molecule has 0 unspecified atom stereocenters. The van der Waals surface area contributed by atoms with Gasteiger partial charge in [0.2, 0.25) is 11.9 Å². The number of hydrogen-bond acceptors (Lipinski definition) is 10. The van der Waals surface area contributed by atoms with Gasteiger partial charge in [-0.2, -0.15) is 4.98 Å². The number of aromatic nitrogens is 2. The number of rotatable bonds is 10. The third-order valence-electron chi connectivity index (χ3n) is 6.45. The Morgan fingerprint density at radius 1 is 1.05 bits per heavy atom. The molecule has 0 atom stereocenters. The maximum Gasteiger partial charge on any atom is 0.292 e. The van der Waals surface area contributed by atoms with Gasteiger partial charge in [-0.1, -0.05) is 30.3 Å². The van der Waals surface area contributed by atoms with Gasteiger partial charge in [0.25, 0.3) is 11.7 Å². The fourth-order valence-corrected chi connectivity index (χ4v) is 4.36. The normalized spacial score (nSPS) is 13.2. The molecule has 1 saturated heterocycles. The third kappa shape index (κ3) is 6.91. The minimum atomic E-state index is -0.748. The van der Waals surface area contributed by atoms with E-state index in [0.717, 1.165) is 31.9 Å². The molecule has 2 amide bonds. The average Bonchev–Trinajstić information content (AvgIpc) is 2.99. The van der Waals surface area contributed by atoms with Crippen LogP contribution in [0, 0.1) is 0 Å². The van der Waals surface area contributed by atoms with E-state index in [1.54, 1.807) is 31.4 Å². The summed E-state index contributed by atoms with van der Waals surface area (Å²) >= 11 is 6.37. The number of nitrogens with one attached hydrogen (secondary N) is 4.